The molecule has 0 N–H and O–H groups in total. The molecular formula is C27H28BrN3O3. The predicted octanol–water partition coefficient (Wildman–Crippen LogP) is 6.09. The van der Waals surface area contributed by atoms with Gasteiger partial charge in [0.05, 0.1) is 5.92 Å². The quantitative estimate of drug-likeness (QED) is 0.388. The van der Waals surface area contributed by atoms with E-state index >= 15 is 0 Å². The Morgan fingerprint density at radius 1 is 1.32 bits per heavy atom. The third-order valence-corrected chi connectivity index (χ3v) is 7.72. The zero-order chi connectivity index (χ0) is 24.2. The summed E-state index contributed by atoms with van der Waals surface area (Å²) in [7, 11) is 0. The number of nitriles is 1. The summed E-state index contributed by atoms with van der Waals surface area (Å²) >= 11 is 3.58. The van der Waals surface area contributed by atoms with Crippen LogP contribution in [-0.4, -0.2) is 34.5 Å². The lowest BCUT2D eigenvalue weighted by atomic mass is 10.0. The summed E-state index contributed by atoms with van der Waals surface area (Å²) in [5.74, 6) is 0.296. The van der Waals surface area contributed by atoms with Crippen LogP contribution in [0.5, 0.6) is 0 Å². The number of hydrogen-bond acceptors (Lipinski definition) is 6. The molecule has 0 radical (unpaired) electrons. The van der Waals surface area contributed by atoms with Crippen molar-refractivity contribution in [2.45, 2.75) is 58.6 Å². The van der Waals surface area contributed by atoms with Gasteiger partial charge in [-0.3, -0.25) is 9.69 Å². The number of aromatic nitrogens is 1. The molecule has 0 saturated carbocycles. The second-order valence-corrected chi connectivity index (χ2v) is 11.1. The first-order valence-electron chi connectivity index (χ1n) is 11.7. The average molecular weight is 522 g/mol. The number of esters is 1. The molecule has 2 heterocycles. The van der Waals surface area contributed by atoms with Gasteiger partial charge in [0.2, 0.25) is 5.89 Å². The number of rotatable bonds is 3. The fourth-order valence-corrected chi connectivity index (χ4v) is 5.59. The van der Waals surface area contributed by atoms with Crippen LogP contribution in [0.1, 0.15) is 61.9 Å². The van der Waals surface area contributed by atoms with Gasteiger partial charge in [-0.1, -0.05) is 22.0 Å². The minimum atomic E-state index is -0.477. The second-order valence-electron chi connectivity index (χ2n) is 10.3. The monoisotopic (exact) mass is 521 g/mol. The number of ether oxygens (including phenoxy) is 1. The Balaban J connectivity index is 1.48. The van der Waals surface area contributed by atoms with Crippen molar-refractivity contribution in [2.24, 2.45) is 5.92 Å². The van der Waals surface area contributed by atoms with Gasteiger partial charge in [0.1, 0.15) is 22.8 Å². The molecule has 6 nitrogen and oxygen atoms in total. The molecule has 34 heavy (non-hydrogen) atoms. The Labute approximate surface area is 208 Å². The third-order valence-electron chi connectivity index (χ3n) is 6.86. The lowest BCUT2D eigenvalue weighted by Crippen LogP contribution is -2.31. The van der Waals surface area contributed by atoms with Crippen molar-refractivity contribution in [1.29, 1.82) is 5.26 Å². The van der Waals surface area contributed by atoms with Gasteiger partial charge in [0.15, 0.2) is 5.58 Å². The maximum atomic E-state index is 12.6. The number of fused-ring (bicyclic) bond motifs is 2. The van der Waals surface area contributed by atoms with Crippen molar-refractivity contribution in [3.63, 3.8) is 0 Å². The average Bonchev–Trinajstić information content (AvgIpc) is 3.50. The van der Waals surface area contributed by atoms with E-state index in [1.54, 1.807) is 0 Å². The van der Waals surface area contributed by atoms with Crippen molar-refractivity contribution in [1.82, 2.24) is 9.88 Å². The summed E-state index contributed by atoms with van der Waals surface area (Å²) in [6.07, 6.45) is 2.54. The molecule has 176 valence electrons. The van der Waals surface area contributed by atoms with Gasteiger partial charge in [-0.15, -0.1) is 0 Å². The van der Waals surface area contributed by atoms with Crippen molar-refractivity contribution in [3.05, 3.63) is 51.0 Å². The Kier molecular flexibility index (Phi) is 5.78. The Hall–Kier alpha value is -2.69. The van der Waals surface area contributed by atoms with Crippen LogP contribution in [0.2, 0.25) is 0 Å². The highest BCUT2D eigenvalue weighted by atomic mass is 79.9. The standard InChI is InChI=1S/C27H28BrN3O3/c1-15-17(6-5-7-21(15)28)25-30-22-12-19-18(20(13-29)24(22)33-25)8-9-23(19)31-11-10-16(14-31)26(32)34-27(2,3)4/h5-7,12,16,23H,8-11,14H2,1-4H3/t16-,23-/m1/s1. The molecule has 2 atom stereocenters. The van der Waals surface area contributed by atoms with E-state index in [0.29, 0.717) is 29.1 Å². The highest BCUT2D eigenvalue weighted by Gasteiger charge is 2.39. The second kappa shape index (κ2) is 8.51. The minimum absolute atomic E-state index is 0.111. The number of carbonyl (C=O) groups is 1. The highest BCUT2D eigenvalue weighted by molar-refractivity contribution is 9.10. The molecule has 0 amide bonds. The fourth-order valence-electron chi connectivity index (χ4n) is 5.23. The molecule has 7 heteroatoms. The van der Waals surface area contributed by atoms with Crippen molar-refractivity contribution in [3.8, 4) is 17.5 Å². The largest absolute Gasteiger partial charge is 0.460 e. The highest BCUT2D eigenvalue weighted by Crippen LogP contribution is 2.43. The van der Waals surface area contributed by atoms with Crippen molar-refractivity contribution in [2.75, 3.05) is 13.1 Å². The zero-order valence-corrected chi connectivity index (χ0v) is 21.5. The number of carbonyl (C=O) groups excluding carboxylic acids is 1. The number of hydrogen-bond donors (Lipinski definition) is 0. The summed E-state index contributed by atoms with van der Waals surface area (Å²) < 4.78 is 12.8. The summed E-state index contributed by atoms with van der Waals surface area (Å²) in [4.78, 5) is 19.8. The summed E-state index contributed by atoms with van der Waals surface area (Å²) in [5.41, 5.74) is 5.52. The molecule has 1 aliphatic heterocycles. The van der Waals surface area contributed by atoms with E-state index in [-0.39, 0.29) is 17.9 Å². The van der Waals surface area contributed by atoms with E-state index in [0.717, 1.165) is 52.5 Å². The summed E-state index contributed by atoms with van der Waals surface area (Å²) in [6, 6.07) is 10.6. The first-order chi connectivity index (χ1) is 16.2. The van der Waals surface area contributed by atoms with Crippen LogP contribution in [0.4, 0.5) is 0 Å². The molecule has 1 fully saturated rings. The number of likely N-dealkylation sites (tertiary alicyclic amines) is 1. The van der Waals surface area contributed by atoms with Crippen LogP contribution < -0.4 is 0 Å². The smallest absolute Gasteiger partial charge is 0.310 e. The van der Waals surface area contributed by atoms with Gasteiger partial charge in [-0.05, 0) is 88.4 Å². The van der Waals surface area contributed by atoms with Crippen LogP contribution in [0.25, 0.3) is 22.6 Å². The van der Waals surface area contributed by atoms with Crippen LogP contribution in [0, 0.1) is 24.2 Å². The van der Waals surface area contributed by atoms with Crippen LogP contribution in [-0.2, 0) is 16.0 Å². The molecule has 1 aliphatic carbocycles. The third kappa shape index (κ3) is 4.03. The van der Waals surface area contributed by atoms with Gasteiger partial charge in [0, 0.05) is 22.6 Å². The van der Waals surface area contributed by atoms with Crippen LogP contribution in [0.15, 0.2) is 33.2 Å². The number of benzene rings is 2. The molecule has 1 saturated heterocycles. The molecule has 3 aromatic rings. The van der Waals surface area contributed by atoms with Crippen molar-refractivity contribution < 1.29 is 13.9 Å². The molecule has 5 rings (SSSR count). The van der Waals surface area contributed by atoms with Crippen LogP contribution >= 0.6 is 15.9 Å². The Morgan fingerprint density at radius 3 is 2.85 bits per heavy atom. The van der Waals surface area contributed by atoms with E-state index in [1.165, 1.54) is 0 Å². The minimum Gasteiger partial charge on any atom is -0.460 e. The maximum Gasteiger partial charge on any atom is 0.310 e. The molecule has 2 aliphatic rings. The van der Waals surface area contributed by atoms with E-state index in [9.17, 15) is 10.1 Å². The van der Waals surface area contributed by atoms with Gasteiger partial charge in [0.25, 0.3) is 0 Å². The van der Waals surface area contributed by atoms with E-state index < -0.39 is 5.60 Å². The molecule has 0 bridgehead atoms. The SMILES string of the molecule is Cc1c(Br)cccc1-c1nc2cc3c(c(C#N)c2o1)CC[C@H]3N1CC[C@@H](C(=O)OC(C)(C)C)C1. The number of halogens is 1. The first kappa shape index (κ1) is 23.1. The zero-order valence-electron chi connectivity index (χ0n) is 19.9. The summed E-state index contributed by atoms with van der Waals surface area (Å²) in [5, 5.41) is 10.0. The van der Waals surface area contributed by atoms with E-state index in [1.807, 2.05) is 45.9 Å². The molecule has 2 aromatic carbocycles. The van der Waals surface area contributed by atoms with Crippen LogP contribution in [0.3, 0.4) is 0 Å². The topological polar surface area (TPSA) is 79.4 Å². The Morgan fingerprint density at radius 2 is 2.12 bits per heavy atom. The normalized spacial score (nSPS) is 20.5. The van der Waals surface area contributed by atoms with E-state index in [4.69, 9.17) is 14.1 Å². The van der Waals surface area contributed by atoms with Gasteiger partial charge >= 0.3 is 5.97 Å². The van der Waals surface area contributed by atoms with Gasteiger partial charge in [-0.25, -0.2) is 4.98 Å². The van der Waals surface area contributed by atoms with Crippen molar-refractivity contribution >= 4 is 33.0 Å². The number of nitrogens with zero attached hydrogens (tertiary/aromatic N) is 3. The Bertz CT molecular complexity index is 1330. The molecule has 0 unspecified atom stereocenters. The van der Waals surface area contributed by atoms with E-state index in [2.05, 4.69) is 33.0 Å². The first-order valence-corrected chi connectivity index (χ1v) is 12.5. The molecule has 1 aromatic heterocycles. The van der Waals surface area contributed by atoms with Gasteiger partial charge in [-0.2, -0.15) is 5.26 Å². The predicted molar refractivity (Wildman–Crippen MR) is 133 cm³/mol. The number of oxazole rings is 1. The molecule has 0 spiro atoms. The lowest BCUT2D eigenvalue weighted by molar-refractivity contribution is -0.159. The molecular weight excluding hydrogens is 494 g/mol. The maximum absolute atomic E-state index is 12.6. The summed E-state index contributed by atoms with van der Waals surface area (Å²) in [6.45, 7) is 9.25. The van der Waals surface area contributed by atoms with Gasteiger partial charge < -0.3 is 9.15 Å². The lowest BCUT2D eigenvalue weighted by Gasteiger charge is -2.25. The fraction of sp³-hybridized carbons (Fsp3) is 0.444.